The number of benzene rings is 2. The van der Waals surface area contributed by atoms with E-state index in [0.29, 0.717) is 28.5 Å². The van der Waals surface area contributed by atoms with Gasteiger partial charge in [0.05, 0.1) is 11.7 Å². The first-order chi connectivity index (χ1) is 16.2. The number of ketones is 1. The summed E-state index contributed by atoms with van der Waals surface area (Å²) in [4.78, 5) is 29.8. The molecule has 0 aliphatic carbocycles. The Balaban J connectivity index is 1.86. The van der Waals surface area contributed by atoms with E-state index in [1.165, 1.54) is 4.90 Å². The number of furan rings is 1. The van der Waals surface area contributed by atoms with Crippen molar-refractivity contribution in [3.05, 3.63) is 83.3 Å². The number of rotatable bonds is 6. The van der Waals surface area contributed by atoms with Gasteiger partial charge in [-0.1, -0.05) is 12.1 Å². The van der Waals surface area contributed by atoms with Crippen LogP contribution in [0.15, 0.2) is 70.7 Å². The van der Waals surface area contributed by atoms with E-state index in [-0.39, 0.29) is 17.4 Å². The molecule has 0 spiro atoms. The van der Waals surface area contributed by atoms with Crippen LogP contribution < -0.4 is 14.5 Å². The number of aliphatic hydroxyl groups excluding tert-OH is 1. The molecule has 2 heterocycles. The first-order valence-electron chi connectivity index (χ1n) is 11.1. The van der Waals surface area contributed by atoms with Crippen molar-refractivity contribution in [2.45, 2.75) is 32.9 Å². The molecule has 4 rings (SSSR count). The molecule has 2 aromatic carbocycles. The predicted octanol–water partition coefficient (Wildman–Crippen LogP) is 5.07. The lowest BCUT2D eigenvalue weighted by Crippen LogP contribution is -2.29. The number of hydrogen-bond acceptors (Lipinski definition) is 6. The van der Waals surface area contributed by atoms with Gasteiger partial charge in [-0.25, -0.2) is 0 Å². The van der Waals surface area contributed by atoms with Crippen LogP contribution in [0.25, 0.3) is 5.76 Å². The van der Waals surface area contributed by atoms with Gasteiger partial charge in [0.15, 0.2) is 0 Å². The van der Waals surface area contributed by atoms with Crippen molar-refractivity contribution >= 4 is 28.8 Å². The summed E-state index contributed by atoms with van der Waals surface area (Å²) < 4.78 is 11.6. The molecule has 1 fully saturated rings. The van der Waals surface area contributed by atoms with Gasteiger partial charge >= 0.3 is 0 Å². The molecule has 0 radical (unpaired) electrons. The van der Waals surface area contributed by atoms with Crippen LogP contribution in [0.2, 0.25) is 0 Å². The minimum atomic E-state index is -0.909. The second-order valence-electron chi connectivity index (χ2n) is 8.72. The lowest BCUT2D eigenvalue weighted by Gasteiger charge is -2.24. The second kappa shape index (κ2) is 9.09. The first-order valence-corrected chi connectivity index (χ1v) is 11.1. The van der Waals surface area contributed by atoms with Crippen molar-refractivity contribution in [2.75, 3.05) is 23.9 Å². The zero-order valence-corrected chi connectivity index (χ0v) is 19.9. The van der Waals surface area contributed by atoms with E-state index in [1.54, 1.807) is 55.5 Å². The summed E-state index contributed by atoms with van der Waals surface area (Å²) in [6.07, 6.45) is -0.0563. The first kappa shape index (κ1) is 23.2. The van der Waals surface area contributed by atoms with E-state index in [9.17, 15) is 14.7 Å². The number of carbonyl (C=O) groups excluding carboxylic acids is 2. The standard InChI is InChI=1S/C27H28N2O5/c1-16(2)33-21-8-6-7-18(15-21)25(30)23-24(22-14-9-17(3)34-22)29(27(32)26(23)31)20-12-10-19(11-13-20)28(4)5/h6-16,24,30H,1-5H3/b25-23-. The largest absolute Gasteiger partial charge is 0.507 e. The fraction of sp³-hybridized carbons (Fsp3) is 0.259. The van der Waals surface area contributed by atoms with Crippen LogP contribution in [-0.4, -0.2) is 37.0 Å². The van der Waals surface area contributed by atoms with Crippen molar-refractivity contribution in [1.29, 1.82) is 0 Å². The van der Waals surface area contributed by atoms with E-state index in [2.05, 4.69) is 0 Å². The predicted molar refractivity (Wildman–Crippen MR) is 131 cm³/mol. The van der Waals surface area contributed by atoms with Crippen LogP contribution in [0, 0.1) is 6.92 Å². The van der Waals surface area contributed by atoms with Crippen molar-refractivity contribution in [1.82, 2.24) is 0 Å². The number of hydrogen-bond donors (Lipinski definition) is 1. The van der Waals surface area contributed by atoms with Gasteiger partial charge in [0.1, 0.15) is 29.1 Å². The van der Waals surface area contributed by atoms with E-state index in [1.807, 2.05) is 45.0 Å². The molecule has 3 aromatic rings. The Kier molecular flexibility index (Phi) is 6.20. The van der Waals surface area contributed by atoms with Gasteiger partial charge in [-0.15, -0.1) is 0 Å². The van der Waals surface area contributed by atoms with E-state index in [4.69, 9.17) is 9.15 Å². The van der Waals surface area contributed by atoms with Crippen LogP contribution >= 0.6 is 0 Å². The summed E-state index contributed by atoms with van der Waals surface area (Å²) in [7, 11) is 3.84. The lowest BCUT2D eigenvalue weighted by atomic mass is 9.99. The maximum Gasteiger partial charge on any atom is 0.300 e. The maximum atomic E-state index is 13.2. The Hall–Kier alpha value is -4.00. The van der Waals surface area contributed by atoms with Crippen molar-refractivity contribution in [3.8, 4) is 5.75 Å². The molecule has 0 bridgehead atoms. The Labute approximate surface area is 198 Å². The number of nitrogens with zero attached hydrogens (tertiary/aromatic N) is 2. The van der Waals surface area contributed by atoms with E-state index in [0.717, 1.165) is 5.69 Å². The molecule has 176 valence electrons. The van der Waals surface area contributed by atoms with Gasteiger partial charge in [-0.3, -0.25) is 14.5 Å². The number of anilines is 2. The summed E-state index contributed by atoms with van der Waals surface area (Å²) in [6, 6.07) is 16.7. The lowest BCUT2D eigenvalue weighted by molar-refractivity contribution is -0.132. The molecule has 1 unspecified atom stereocenters. The molecular weight excluding hydrogens is 432 g/mol. The molecule has 7 heteroatoms. The molecule has 1 aliphatic rings. The highest BCUT2D eigenvalue weighted by Crippen LogP contribution is 2.43. The summed E-state index contributed by atoms with van der Waals surface area (Å²) in [5.74, 6) is -0.200. The van der Waals surface area contributed by atoms with Gasteiger partial charge in [-0.05, 0) is 69.3 Å². The molecule has 1 atom stereocenters. The van der Waals surface area contributed by atoms with Crippen molar-refractivity contribution in [2.24, 2.45) is 0 Å². The molecule has 1 saturated heterocycles. The third kappa shape index (κ3) is 4.29. The van der Waals surface area contributed by atoms with E-state index < -0.39 is 17.7 Å². The van der Waals surface area contributed by atoms with Crippen LogP contribution in [-0.2, 0) is 9.59 Å². The van der Waals surface area contributed by atoms with Crippen LogP contribution in [0.1, 0.15) is 37.0 Å². The molecular formula is C27H28N2O5. The number of Topliss-reactive ketones (excluding diaryl/α,β-unsaturated/α-hetero) is 1. The van der Waals surface area contributed by atoms with Gasteiger partial charge in [0, 0.05) is 31.0 Å². The topological polar surface area (TPSA) is 83.2 Å². The third-order valence-corrected chi connectivity index (χ3v) is 5.60. The van der Waals surface area contributed by atoms with Gasteiger partial charge in [0.25, 0.3) is 11.7 Å². The summed E-state index contributed by atoms with van der Waals surface area (Å²) in [5, 5.41) is 11.3. The zero-order chi connectivity index (χ0) is 24.6. The highest BCUT2D eigenvalue weighted by molar-refractivity contribution is 6.51. The van der Waals surface area contributed by atoms with Crippen LogP contribution in [0.3, 0.4) is 0 Å². The minimum absolute atomic E-state index is 0.0299. The van der Waals surface area contributed by atoms with Crippen molar-refractivity contribution < 1.29 is 23.8 Å². The minimum Gasteiger partial charge on any atom is -0.507 e. The molecule has 1 aromatic heterocycles. The van der Waals surface area contributed by atoms with Gasteiger partial charge in [0.2, 0.25) is 0 Å². The molecule has 1 aliphatic heterocycles. The quantitative estimate of drug-likeness (QED) is 0.314. The number of aryl methyl sites for hydroxylation is 1. The Morgan fingerprint density at radius 2 is 1.76 bits per heavy atom. The van der Waals surface area contributed by atoms with E-state index >= 15 is 0 Å². The monoisotopic (exact) mass is 460 g/mol. The molecule has 7 nitrogen and oxygen atoms in total. The summed E-state index contributed by atoms with van der Waals surface area (Å²) >= 11 is 0. The Bertz CT molecular complexity index is 1250. The van der Waals surface area contributed by atoms with Crippen LogP contribution in [0.5, 0.6) is 5.75 Å². The molecule has 1 amide bonds. The number of ether oxygens (including phenoxy) is 1. The van der Waals surface area contributed by atoms with Crippen molar-refractivity contribution in [3.63, 3.8) is 0 Å². The van der Waals surface area contributed by atoms with Gasteiger partial charge < -0.3 is 19.2 Å². The maximum absolute atomic E-state index is 13.2. The SMILES string of the molecule is Cc1ccc(C2/C(=C(/O)c3cccc(OC(C)C)c3)C(=O)C(=O)N2c2ccc(N(C)C)cc2)o1. The number of aliphatic hydroxyl groups is 1. The number of amides is 1. The second-order valence-corrected chi connectivity index (χ2v) is 8.72. The summed E-state index contributed by atoms with van der Waals surface area (Å²) in [6.45, 7) is 5.59. The third-order valence-electron chi connectivity index (χ3n) is 5.60. The van der Waals surface area contributed by atoms with Crippen LogP contribution in [0.4, 0.5) is 11.4 Å². The fourth-order valence-corrected chi connectivity index (χ4v) is 4.02. The van der Waals surface area contributed by atoms with Gasteiger partial charge in [-0.2, -0.15) is 0 Å². The average molecular weight is 461 g/mol. The normalized spacial score (nSPS) is 17.5. The molecule has 1 N–H and O–H groups in total. The smallest absolute Gasteiger partial charge is 0.300 e. The number of carbonyl (C=O) groups is 2. The highest BCUT2D eigenvalue weighted by Gasteiger charge is 2.48. The zero-order valence-electron chi connectivity index (χ0n) is 19.9. The summed E-state index contributed by atoms with van der Waals surface area (Å²) in [5.41, 5.74) is 1.83. The molecule has 34 heavy (non-hydrogen) atoms. The highest BCUT2D eigenvalue weighted by atomic mass is 16.5. The average Bonchev–Trinajstić information content (AvgIpc) is 3.34. The molecule has 0 saturated carbocycles. The Morgan fingerprint density at radius 3 is 2.35 bits per heavy atom. The Morgan fingerprint density at radius 1 is 1.06 bits per heavy atom. The fourth-order valence-electron chi connectivity index (χ4n) is 4.02.